The van der Waals surface area contributed by atoms with E-state index in [4.69, 9.17) is 5.73 Å². The quantitative estimate of drug-likeness (QED) is 0.845. The second-order valence-corrected chi connectivity index (χ2v) is 5.28. The summed E-state index contributed by atoms with van der Waals surface area (Å²) in [7, 11) is 0. The number of anilines is 1. The number of nitrogens with one attached hydrogen (secondary N) is 1. The summed E-state index contributed by atoms with van der Waals surface area (Å²) in [5.74, 6) is 0.538. The van der Waals surface area contributed by atoms with Crippen molar-refractivity contribution in [2.45, 2.75) is 25.8 Å². The molecule has 0 radical (unpaired) electrons. The first-order chi connectivity index (χ1) is 8.54. The van der Waals surface area contributed by atoms with Gasteiger partial charge in [0.25, 0.3) is 0 Å². The molecule has 0 unspecified atom stereocenters. The molecule has 1 saturated heterocycles. The number of carbonyl (C=O) groups is 1. The summed E-state index contributed by atoms with van der Waals surface area (Å²) < 4.78 is 0. The van der Waals surface area contributed by atoms with Crippen LogP contribution in [0.15, 0.2) is 24.3 Å². The molecule has 1 aliphatic rings. The molecule has 0 aliphatic carbocycles. The maximum atomic E-state index is 11.7. The van der Waals surface area contributed by atoms with Gasteiger partial charge in [-0.05, 0) is 23.6 Å². The molecule has 18 heavy (non-hydrogen) atoms. The van der Waals surface area contributed by atoms with Crippen LogP contribution >= 0.6 is 0 Å². The largest absolute Gasteiger partial charge is 0.325 e. The molecule has 3 N–H and O–H groups in total. The van der Waals surface area contributed by atoms with E-state index in [1.165, 1.54) is 5.56 Å². The number of amides is 1. The molecule has 1 aliphatic heterocycles. The Morgan fingerprint density at radius 2 is 2.00 bits per heavy atom. The Morgan fingerprint density at radius 1 is 1.39 bits per heavy atom. The van der Waals surface area contributed by atoms with Crippen LogP contribution in [0.1, 0.15) is 25.3 Å². The highest BCUT2D eigenvalue weighted by Crippen LogP contribution is 2.17. The lowest BCUT2D eigenvalue weighted by atomic mass is 10.0. The lowest BCUT2D eigenvalue weighted by Crippen LogP contribution is -2.57. The number of nitrogens with two attached hydrogens (primary N) is 1. The molecule has 0 saturated carbocycles. The van der Waals surface area contributed by atoms with E-state index in [2.05, 4.69) is 31.3 Å². The van der Waals surface area contributed by atoms with Gasteiger partial charge in [0, 0.05) is 24.8 Å². The summed E-state index contributed by atoms with van der Waals surface area (Å²) >= 11 is 0. The first-order valence-corrected chi connectivity index (χ1v) is 6.42. The summed E-state index contributed by atoms with van der Waals surface area (Å²) in [6.45, 7) is 6.38. The van der Waals surface area contributed by atoms with Crippen molar-refractivity contribution in [1.29, 1.82) is 0 Å². The molecular weight excluding hydrogens is 226 g/mol. The minimum Gasteiger partial charge on any atom is -0.325 e. The van der Waals surface area contributed by atoms with Crippen LogP contribution in [0.4, 0.5) is 5.69 Å². The van der Waals surface area contributed by atoms with E-state index in [-0.39, 0.29) is 11.9 Å². The summed E-state index contributed by atoms with van der Waals surface area (Å²) in [5, 5.41) is 2.90. The number of carbonyl (C=O) groups excluding carboxylic acids is 1. The molecule has 1 amide bonds. The lowest BCUT2D eigenvalue weighted by Gasteiger charge is -2.36. The Bertz CT molecular complexity index is 408. The van der Waals surface area contributed by atoms with E-state index in [1.807, 2.05) is 17.0 Å². The third kappa shape index (κ3) is 3.31. The SMILES string of the molecule is CC(C)c1ccc(NC(=O)CN2CC(N)C2)cc1. The van der Waals surface area contributed by atoms with Gasteiger partial charge in [-0.15, -0.1) is 0 Å². The second kappa shape index (κ2) is 5.50. The van der Waals surface area contributed by atoms with Crippen molar-refractivity contribution in [2.75, 3.05) is 25.0 Å². The number of hydrogen-bond acceptors (Lipinski definition) is 3. The Labute approximate surface area is 108 Å². The third-order valence-electron chi connectivity index (χ3n) is 3.21. The van der Waals surface area contributed by atoms with E-state index >= 15 is 0 Å². The van der Waals surface area contributed by atoms with Crippen molar-refractivity contribution in [3.8, 4) is 0 Å². The predicted octanol–water partition coefficient (Wildman–Crippen LogP) is 1.39. The first kappa shape index (κ1) is 13.1. The Balaban J connectivity index is 1.83. The van der Waals surface area contributed by atoms with Crippen LogP contribution in [-0.2, 0) is 4.79 Å². The third-order valence-corrected chi connectivity index (χ3v) is 3.21. The summed E-state index contributed by atoms with van der Waals surface area (Å²) in [5.41, 5.74) is 7.80. The zero-order valence-corrected chi connectivity index (χ0v) is 11.0. The molecule has 1 aromatic rings. The molecule has 98 valence electrons. The van der Waals surface area contributed by atoms with Crippen LogP contribution in [0.2, 0.25) is 0 Å². The highest BCUT2D eigenvalue weighted by Gasteiger charge is 2.24. The lowest BCUT2D eigenvalue weighted by molar-refractivity contribution is -0.118. The molecule has 0 spiro atoms. The predicted molar refractivity (Wildman–Crippen MR) is 73.6 cm³/mol. The van der Waals surface area contributed by atoms with E-state index in [0.29, 0.717) is 12.5 Å². The molecule has 4 heteroatoms. The van der Waals surface area contributed by atoms with Gasteiger partial charge in [-0.1, -0.05) is 26.0 Å². The van der Waals surface area contributed by atoms with Gasteiger partial charge in [0.05, 0.1) is 6.54 Å². The van der Waals surface area contributed by atoms with Crippen molar-refractivity contribution >= 4 is 11.6 Å². The smallest absolute Gasteiger partial charge is 0.238 e. The summed E-state index contributed by atoms with van der Waals surface area (Å²) in [6, 6.07) is 8.26. The molecule has 2 rings (SSSR count). The number of hydrogen-bond donors (Lipinski definition) is 2. The molecule has 4 nitrogen and oxygen atoms in total. The van der Waals surface area contributed by atoms with Crippen molar-refractivity contribution in [1.82, 2.24) is 4.90 Å². The molecule has 0 atom stereocenters. The van der Waals surface area contributed by atoms with Crippen LogP contribution in [0.3, 0.4) is 0 Å². The highest BCUT2D eigenvalue weighted by atomic mass is 16.2. The van der Waals surface area contributed by atoms with Crippen LogP contribution in [0.5, 0.6) is 0 Å². The first-order valence-electron chi connectivity index (χ1n) is 6.42. The normalized spacial score (nSPS) is 16.7. The maximum Gasteiger partial charge on any atom is 0.238 e. The minimum atomic E-state index is 0.0270. The second-order valence-electron chi connectivity index (χ2n) is 5.28. The minimum absolute atomic E-state index is 0.0270. The fourth-order valence-corrected chi connectivity index (χ4v) is 2.09. The van der Waals surface area contributed by atoms with Gasteiger partial charge >= 0.3 is 0 Å². The Hall–Kier alpha value is -1.39. The van der Waals surface area contributed by atoms with Gasteiger partial charge in [-0.3, -0.25) is 9.69 Å². The highest BCUT2D eigenvalue weighted by molar-refractivity contribution is 5.92. The number of likely N-dealkylation sites (tertiary alicyclic amines) is 1. The molecule has 1 heterocycles. The standard InChI is InChI=1S/C14H21N3O/c1-10(2)11-3-5-13(6-4-11)16-14(18)9-17-7-12(15)8-17/h3-6,10,12H,7-9,15H2,1-2H3,(H,16,18). The average Bonchev–Trinajstić information content (AvgIpc) is 2.27. The Kier molecular flexibility index (Phi) is 3.99. The maximum absolute atomic E-state index is 11.7. The molecular formula is C14H21N3O. The van der Waals surface area contributed by atoms with Gasteiger partial charge in [-0.2, -0.15) is 0 Å². The van der Waals surface area contributed by atoms with Gasteiger partial charge < -0.3 is 11.1 Å². The van der Waals surface area contributed by atoms with Crippen LogP contribution in [0, 0.1) is 0 Å². The van der Waals surface area contributed by atoms with E-state index in [1.54, 1.807) is 0 Å². The molecule has 0 bridgehead atoms. The summed E-state index contributed by atoms with van der Waals surface area (Å²) in [4.78, 5) is 13.8. The van der Waals surface area contributed by atoms with Gasteiger partial charge in [0.15, 0.2) is 0 Å². The van der Waals surface area contributed by atoms with Crippen molar-refractivity contribution < 1.29 is 4.79 Å². The fraction of sp³-hybridized carbons (Fsp3) is 0.500. The zero-order valence-electron chi connectivity index (χ0n) is 11.0. The van der Waals surface area contributed by atoms with Crippen LogP contribution in [-0.4, -0.2) is 36.5 Å². The van der Waals surface area contributed by atoms with Gasteiger partial charge in [-0.25, -0.2) is 0 Å². The fourth-order valence-electron chi connectivity index (χ4n) is 2.09. The van der Waals surface area contributed by atoms with Crippen molar-refractivity contribution in [3.63, 3.8) is 0 Å². The van der Waals surface area contributed by atoms with Crippen molar-refractivity contribution in [2.24, 2.45) is 5.73 Å². The van der Waals surface area contributed by atoms with Crippen LogP contribution in [0.25, 0.3) is 0 Å². The van der Waals surface area contributed by atoms with Gasteiger partial charge in [0.1, 0.15) is 0 Å². The Morgan fingerprint density at radius 3 is 2.50 bits per heavy atom. The van der Waals surface area contributed by atoms with Gasteiger partial charge in [0.2, 0.25) is 5.91 Å². The molecule has 0 aromatic heterocycles. The average molecular weight is 247 g/mol. The topological polar surface area (TPSA) is 58.4 Å². The van der Waals surface area contributed by atoms with E-state index in [9.17, 15) is 4.79 Å². The van der Waals surface area contributed by atoms with Crippen molar-refractivity contribution in [3.05, 3.63) is 29.8 Å². The molecule has 1 aromatic carbocycles. The van der Waals surface area contributed by atoms with E-state index < -0.39 is 0 Å². The number of rotatable bonds is 4. The number of nitrogens with zero attached hydrogens (tertiary/aromatic N) is 1. The monoisotopic (exact) mass is 247 g/mol. The van der Waals surface area contributed by atoms with Crippen LogP contribution < -0.4 is 11.1 Å². The van der Waals surface area contributed by atoms with E-state index in [0.717, 1.165) is 18.8 Å². The zero-order chi connectivity index (χ0) is 13.1. The molecule has 1 fully saturated rings. The summed E-state index contributed by atoms with van der Waals surface area (Å²) in [6.07, 6.45) is 0. The number of benzene rings is 1.